The minimum Gasteiger partial charge on any atom is -0.416 e. The van der Waals surface area contributed by atoms with Gasteiger partial charge in [0, 0.05) is 11.1 Å². The molecule has 4 rings (SSSR count). The number of hydrogen-bond acceptors (Lipinski definition) is 3. The molecule has 0 spiro atoms. The van der Waals surface area contributed by atoms with E-state index < -0.39 is 0 Å². The molecule has 28 heavy (non-hydrogen) atoms. The van der Waals surface area contributed by atoms with E-state index in [4.69, 9.17) is 4.42 Å². The van der Waals surface area contributed by atoms with Crippen molar-refractivity contribution in [2.24, 2.45) is 0 Å². The number of aryl methyl sites for hydroxylation is 1. The van der Waals surface area contributed by atoms with Gasteiger partial charge in [0.15, 0.2) is 0 Å². The van der Waals surface area contributed by atoms with Crippen LogP contribution in [0.1, 0.15) is 18.4 Å². The third-order valence-corrected chi connectivity index (χ3v) is 4.74. The molecule has 4 heteroatoms. The van der Waals surface area contributed by atoms with Crippen LogP contribution < -0.4 is 0 Å². The molecule has 0 aliphatic heterocycles. The number of alkyl halides is 1. The molecule has 140 valence electrons. The van der Waals surface area contributed by atoms with Gasteiger partial charge in [-0.3, -0.25) is 4.39 Å². The Kier molecular flexibility index (Phi) is 5.57. The Labute approximate surface area is 163 Å². The molecule has 0 amide bonds. The van der Waals surface area contributed by atoms with Gasteiger partial charge in [-0.25, -0.2) is 0 Å². The van der Waals surface area contributed by atoms with Crippen molar-refractivity contribution < 1.29 is 8.81 Å². The lowest BCUT2D eigenvalue weighted by Gasteiger charge is -2.05. The largest absolute Gasteiger partial charge is 0.416 e. The minimum atomic E-state index is -0.286. The monoisotopic (exact) mass is 372 g/mol. The highest BCUT2D eigenvalue weighted by Gasteiger charge is 2.13. The highest BCUT2D eigenvalue weighted by molar-refractivity contribution is 5.67. The SMILES string of the molecule is FCCCCc1ccccc1-c1nnc(-c2ccc(-c3ccccc3)cc2)o1. The van der Waals surface area contributed by atoms with E-state index in [9.17, 15) is 4.39 Å². The fourth-order valence-electron chi connectivity index (χ4n) is 3.24. The summed E-state index contributed by atoms with van der Waals surface area (Å²) in [6, 6.07) is 26.3. The molecule has 0 unspecified atom stereocenters. The molecule has 1 heterocycles. The predicted molar refractivity (Wildman–Crippen MR) is 110 cm³/mol. The van der Waals surface area contributed by atoms with Crippen LogP contribution in [0.4, 0.5) is 4.39 Å². The van der Waals surface area contributed by atoms with Gasteiger partial charge in [-0.15, -0.1) is 10.2 Å². The second-order valence-corrected chi connectivity index (χ2v) is 6.66. The second-order valence-electron chi connectivity index (χ2n) is 6.66. The number of halogens is 1. The molecular weight excluding hydrogens is 351 g/mol. The van der Waals surface area contributed by atoms with E-state index in [-0.39, 0.29) is 6.67 Å². The zero-order valence-electron chi connectivity index (χ0n) is 15.5. The molecule has 0 fully saturated rings. The topological polar surface area (TPSA) is 38.9 Å². The zero-order chi connectivity index (χ0) is 19.2. The van der Waals surface area contributed by atoms with Crippen molar-refractivity contribution >= 4 is 0 Å². The molecule has 3 nitrogen and oxygen atoms in total. The quantitative estimate of drug-likeness (QED) is 0.354. The van der Waals surface area contributed by atoms with Gasteiger partial charge in [-0.1, -0.05) is 60.7 Å². The van der Waals surface area contributed by atoms with Gasteiger partial charge >= 0.3 is 0 Å². The standard InChI is InChI=1S/C24H21FN2O/c25-17-7-6-11-20-10-4-5-12-22(20)24-27-26-23(28-24)21-15-13-19(14-16-21)18-8-2-1-3-9-18/h1-5,8-10,12-16H,6-7,11,17H2. The number of rotatable bonds is 7. The first kappa shape index (κ1) is 18.1. The molecule has 0 saturated heterocycles. The van der Waals surface area contributed by atoms with Gasteiger partial charge in [-0.2, -0.15) is 0 Å². The Morgan fingerprint density at radius 2 is 1.29 bits per heavy atom. The van der Waals surface area contributed by atoms with Crippen molar-refractivity contribution in [3.63, 3.8) is 0 Å². The number of hydrogen-bond donors (Lipinski definition) is 0. The Morgan fingerprint density at radius 3 is 2.07 bits per heavy atom. The summed E-state index contributed by atoms with van der Waals surface area (Å²) in [6.45, 7) is -0.286. The molecule has 4 aromatic rings. The lowest BCUT2D eigenvalue weighted by atomic mass is 10.0. The Balaban J connectivity index is 1.57. The van der Waals surface area contributed by atoms with Gasteiger partial charge in [0.1, 0.15) is 0 Å². The Morgan fingerprint density at radius 1 is 0.643 bits per heavy atom. The second kappa shape index (κ2) is 8.61. The zero-order valence-corrected chi connectivity index (χ0v) is 15.5. The number of unbranched alkanes of at least 4 members (excludes halogenated alkanes) is 1. The first-order valence-corrected chi connectivity index (χ1v) is 9.49. The normalized spacial score (nSPS) is 10.9. The highest BCUT2D eigenvalue weighted by atomic mass is 19.1. The maximum absolute atomic E-state index is 12.4. The fraction of sp³-hybridized carbons (Fsp3) is 0.167. The van der Waals surface area contributed by atoms with Gasteiger partial charge in [0.25, 0.3) is 0 Å². The molecule has 0 radical (unpaired) electrons. The van der Waals surface area contributed by atoms with E-state index >= 15 is 0 Å². The fourth-order valence-corrected chi connectivity index (χ4v) is 3.24. The van der Waals surface area contributed by atoms with Crippen LogP contribution in [0.2, 0.25) is 0 Å². The lowest BCUT2D eigenvalue weighted by Crippen LogP contribution is -1.91. The van der Waals surface area contributed by atoms with Crippen molar-refractivity contribution in [1.82, 2.24) is 10.2 Å². The van der Waals surface area contributed by atoms with Gasteiger partial charge in [0.05, 0.1) is 6.67 Å². The van der Waals surface area contributed by atoms with E-state index in [0.29, 0.717) is 18.2 Å². The summed E-state index contributed by atoms with van der Waals surface area (Å²) in [6.07, 6.45) is 2.16. The van der Waals surface area contributed by atoms with Gasteiger partial charge < -0.3 is 4.42 Å². The lowest BCUT2D eigenvalue weighted by molar-refractivity contribution is 0.462. The number of benzene rings is 3. The highest BCUT2D eigenvalue weighted by Crippen LogP contribution is 2.28. The molecule has 0 aliphatic carbocycles. The minimum absolute atomic E-state index is 0.286. The van der Waals surface area contributed by atoms with Crippen LogP contribution in [0.5, 0.6) is 0 Å². The first-order chi connectivity index (χ1) is 13.8. The maximum Gasteiger partial charge on any atom is 0.248 e. The van der Waals surface area contributed by atoms with Crippen molar-refractivity contribution in [2.75, 3.05) is 6.67 Å². The van der Waals surface area contributed by atoms with E-state index in [0.717, 1.165) is 35.1 Å². The van der Waals surface area contributed by atoms with Crippen LogP contribution >= 0.6 is 0 Å². The van der Waals surface area contributed by atoms with Crippen molar-refractivity contribution in [2.45, 2.75) is 19.3 Å². The van der Waals surface area contributed by atoms with Crippen molar-refractivity contribution in [3.8, 4) is 34.0 Å². The third-order valence-electron chi connectivity index (χ3n) is 4.74. The molecule has 0 aliphatic rings. The average molecular weight is 372 g/mol. The smallest absolute Gasteiger partial charge is 0.248 e. The summed E-state index contributed by atoms with van der Waals surface area (Å²) in [5, 5.41) is 8.47. The first-order valence-electron chi connectivity index (χ1n) is 9.49. The van der Waals surface area contributed by atoms with Crippen molar-refractivity contribution in [3.05, 3.63) is 84.4 Å². The number of nitrogens with zero attached hydrogens (tertiary/aromatic N) is 2. The van der Waals surface area contributed by atoms with Crippen LogP contribution in [0.15, 0.2) is 83.3 Å². The van der Waals surface area contributed by atoms with Crippen LogP contribution in [-0.4, -0.2) is 16.9 Å². The summed E-state index contributed by atoms with van der Waals surface area (Å²) in [7, 11) is 0. The molecular formula is C24H21FN2O. The maximum atomic E-state index is 12.4. The van der Waals surface area contributed by atoms with Gasteiger partial charge in [0.2, 0.25) is 11.8 Å². The summed E-state index contributed by atoms with van der Waals surface area (Å²) >= 11 is 0. The molecule has 0 saturated carbocycles. The molecule has 0 N–H and O–H groups in total. The van der Waals surface area contributed by atoms with Crippen LogP contribution in [0.3, 0.4) is 0 Å². The Hall–Kier alpha value is -3.27. The van der Waals surface area contributed by atoms with E-state index in [1.54, 1.807) is 0 Å². The van der Waals surface area contributed by atoms with Crippen LogP contribution in [0.25, 0.3) is 34.0 Å². The summed E-state index contributed by atoms with van der Waals surface area (Å²) in [5.41, 5.74) is 5.21. The average Bonchev–Trinajstić information content (AvgIpc) is 3.25. The van der Waals surface area contributed by atoms with E-state index in [1.807, 2.05) is 54.6 Å². The van der Waals surface area contributed by atoms with Crippen molar-refractivity contribution in [1.29, 1.82) is 0 Å². The molecule has 0 atom stereocenters. The summed E-state index contributed by atoms with van der Waals surface area (Å²) < 4.78 is 18.4. The van der Waals surface area contributed by atoms with E-state index in [2.05, 4.69) is 34.5 Å². The van der Waals surface area contributed by atoms with Crippen LogP contribution in [0, 0.1) is 0 Å². The number of aromatic nitrogens is 2. The summed E-state index contributed by atoms with van der Waals surface area (Å²) in [5.74, 6) is 0.992. The molecule has 3 aromatic carbocycles. The third kappa shape index (κ3) is 4.01. The Bertz CT molecular complexity index is 1030. The molecule has 0 bridgehead atoms. The van der Waals surface area contributed by atoms with E-state index in [1.165, 1.54) is 5.56 Å². The summed E-state index contributed by atoms with van der Waals surface area (Å²) in [4.78, 5) is 0. The van der Waals surface area contributed by atoms with Crippen LogP contribution in [-0.2, 0) is 6.42 Å². The van der Waals surface area contributed by atoms with Gasteiger partial charge in [-0.05, 0) is 54.2 Å². The molecule has 1 aromatic heterocycles. The predicted octanol–water partition coefficient (Wildman–Crippen LogP) is 6.36.